The molecule has 0 unspecified atom stereocenters. The summed E-state index contributed by atoms with van der Waals surface area (Å²) in [5.74, 6) is -1.15. The topological polar surface area (TPSA) is 86.3 Å². The van der Waals surface area contributed by atoms with Gasteiger partial charge in [0.05, 0.1) is 42.1 Å². The molecule has 6 nitrogen and oxygen atoms in total. The van der Waals surface area contributed by atoms with Crippen molar-refractivity contribution in [1.29, 1.82) is 0 Å². The molecule has 0 aliphatic carbocycles. The summed E-state index contributed by atoms with van der Waals surface area (Å²) in [6.07, 6.45) is 12.1. The minimum absolute atomic E-state index is 0.506. The lowest BCUT2D eigenvalue weighted by atomic mass is 10.1. The van der Waals surface area contributed by atoms with E-state index in [2.05, 4.69) is 39.6 Å². The maximum Gasteiger partial charge on any atom is 0.243 e. The molecule has 0 radical (unpaired) electrons. The Kier molecular flexibility index (Phi) is 17.4. The van der Waals surface area contributed by atoms with Crippen molar-refractivity contribution in [3.63, 3.8) is 0 Å². The van der Waals surface area contributed by atoms with E-state index in [1.807, 2.05) is 0 Å². The van der Waals surface area contributed by atoms with Crippen LogP contribution < -0.4 is 5.32 Å². The quantitative estimate of drug-likeness (QED) is 0.212. The summed E-state index contributed by atoms with van der Waals surface area (Å²) >= 11 is 0. The molecule has 0 aromatic heterocycles. The summed E-state index contributed by atoms with van der Waals surface area (Å²) in [6.45, 7) is 21.1. The lowest BCUT2D eigenvalue weighted by Gasteiger charge is -2.39. The number of carbonyl (C=O) groups excluding carboxylic acids is 1. The van der Waals surface area contributed by atoms with Gasteiger partial charge in [0.1, 0.15) is 0 Å². The Morgan fingerprint density at radius 3 is 1.47 bits per heavy atom. The summed E-state index contributed by atoms with van der Waals surface area (Å²) in [6, 6.07) is 0. The number of nitrogens with zero attached hydrogens (tertiary/aromatic N) is 1. The zero-order valence-electron chi connectivity index (χ0n) is 20.5. The second-order valence-electron chi connectivity index (χ2n) is 8.93. The molecule has 0 aliphatic heterocycles. The van der Waals surface area contributed by atoms with Crippen LogP contribution in [0.3, 0.4) is 0 Å². The molecule has 1 N–H and O–H groups in total. The molecule has 180 valence electrons. The van der Waals surface area contributed by atoms with Gasteiger partial charge in [-0.15, -0.1) is 0 Å². The number of quaternary nitrogens is 1. The Balaban J connectivity index is 0. The number of hydrogen-bond acceptors (Lipinski definition) is 4. The van der Waals surface area contributed by atoms with Gasteiger partial charge in [0.2, 0.25) is 5.91 Å². The third-order valence-electron chi connectivity index (χ3n) is 5.13. The van der Waals surface area contributed by atoms with Gasteiger partial charge in [0.15, 0.2) is 0 Å². The molecule has 0 saturated carbocycles. The molecule has 0 saturated heterocycles. The van der Waals surface area contributed by atoms with Crippen LogP contribution in [0.25, 0.3) is 0 Å². The lowest BCUT2D eigenvalue weighted by molar-refractivity contribution is -0.929. The third-order valence-corrected chi connectivity index (χ3v) is 6.20. The number of amides is 1. The van der Waals surface area contributed by atoms with Crippen molar-refractivity contribution in [3.05, 3.63) is 12.7 Å². The molecule has 30 heavy (non-hydrogen) atoms. The van der Waals surface area contributed by atoms with Crippen molar-refractivity contribution in [2.75, 3.05) is 31.9 Å². The molecule has 0 spiro atoms. The monoisotopic (exact) mass is 448 g/mol. The van der Waals surface area contributed by atoms with Gasteiger partial charge < -0.3 is 14.4 Å². The Hall–Kier alpha value is -0.920. The average molecular weight is 449 g/mol. The fourth-order valence-corrected chi connectivity index (χ4v) is 4.46. The molecule has 0 bridgehead atoms. The van der Waals surface area contributed by atoms with Gasteiger partial charge in [-0.1, -0.05) is 60.0 Å². The van der Waals surface area contributed by atoms with Crippen LogP contribution in [0.2, 0.25) is 0 Å². The number of carbonyl (C=O) groups is 1. The van der Waals surface area contributed by atoms with Crippen molar-refractivity contribution >= 4 is 16.0 Å². The Labute approximate surface area is 186 Å². The van der Waals surface area contributed by atoms with Gasteiger partial charge >= 0.3 is 0 Å². The van der Waals surface area contributed by atoms with E-state index in [0.29, 0.717) is 0 Å². The van der Waals surface area contributed by atoms with Gasteiger partial charge in [0, 0.05) is 5.54 Å². The molecular weight excluding hydrogens is 400 g/mol. The van der Waals surface area contributed by atoms with Crippen molar-refractivity contribution in [2.45, 2.75) is 98.4 Å². The summed E-state index contributed by atoms with van der Waals surface area (Å²) < 4.78 is 32.6. The number of unbranched alkanes of at least 4 members (excludes halogenated alkanes) is 4. The van der Waals surface area contributed by atoms with E-state index in [4.69, 9.17) is 0 Å². The lowest BCUT2D eigenvalue weighted by Crippen LogP contribution is -2.50. The van der Waals surface area contributed by atoms with Crippen LogP contribution in [0.1, 0.15) is 92.9 Å². The minimum atomic E-state index is -4.33. The third kappa shape index (κ3) is 17.9. The molecule has 1 amide bonds. The molecule has 0 rings (SSSR count). The minimum Gasteiger partial charge on any atom is -0.748 e. The molecule has 0 heterocycles. The predicted octanol–water partition coefficient (Wildman–Crippen LogP) is 4.62. The number of hydrogen-bond donors (Lipinski definition) is 1. The highest BCUT2D eigenvalue weighted by Crippen LogP contribution is 2.16. The van der Waals surface area contributed by atoms with Crippen LogP contribution >= 0.6 is 0 Å². The Morgan fingerprint density at radius 1 is 0.900 bits per heavy atom. The molecule has 0 fully saturated rings. The van der Waals surface area contributed by atoms with Crippen LogP contribution in [0, 0.1) is 0 Å². The van der Waals surface area contributed by atoms with Crippen LogP contribution in [0.15, 0.2) is 12.7 Å². The van der Waals surface area contributed by atoms with Gasteiger partial charge in [-0.05, 0) is 45.6 Å². The Bertz CT molecular complexity index is 522. The smallest absolute Gasteiger partial charge is 0.243 e. The van der Waals surface area contributed by atoms with E-state index >= 15 is 0 Å². The first-order valence-electron chi connectivity index (χ1n) is 11.6. The van der Waals surface area contributed by atoms with Crippen molar-refractivity contribution in [3.8, 4) is 0 Å². The summed E-state index contributed by atoms with van der Waals surface area (Å²) in [5.41, 5.74) is -1.06. The van der Waals surface area contributed by atoms with E-state index in [-0.39, 0.29) is 0 Å². The second-order valence-corrected chi connectivity index (χ2v) is 10.3. The Morgan fingerprint density at radius 2 is 1.23 bits per heavy atom. The van der Waals surface area contributed by atoms with E-state index in [1.54, 1.807) is 0 Å². The van der Waals surface area contributed by atoms with E-state index in [1.165, 1.54) is 95.9 Å². The van der Waals surface area contributed by atoms with Crippen LogP contribution in [0.4, 0.5) is 0 Å². The first-order valence-corrected chi connectivity index (χ1v) is 13.2. The highest BCUT2D eigenvalue weighted by Gasteiger charge is 2.24. The number of nitrogens with one attached hydrogen (secondary N) is 1. The second kappa shape index (κ2) is 16.7. The maximum absolute atomic E-state index is 10.8. The highest BCUT2D eigenvalue weighted by atomic mass is 32.2. The largest absolute Gasteiger partial charge is 0.748 e. The normalized spacial score (nSPS) is 12.1. The number of rotatable bonds is 16. The van der Waals surface area contributed by atoms with Gasteiger partial charge in [-0.25, -0.2) is 8.42 Å². The van der Waals surface area contributed by atoms with Crippen molar-refractivity contribution in [2.24, 2.45) is 0 Å². The van der Waals surface area contributed by atoms with Crippen LogP contribution in [0.5, 0.6) is 0 Å². The molecule has 0 atom stereocenters. The van der Waals surface area contributed by atoms with Crippen molar-refractivity contribution < 1.29 is 22.2 Å². The summed E-state index contributed by atoms with van der Waals surface area (Å²) in [7, 11) is -4.33. The molecule has 0 aromatic carbocycles. The first-order chi connectivity index (χ1) is 13.9. The van der Waals surface area contributed by atoms with E-state index in [9.17, 15) is 17.8 Å². The van der Waals surface area contributed by atoms with Crippen LogP contribution in [-0.4, -0.2) is 60.8 Å². The van der Waals surface area contributed by atoms with Crippen LogP contribution in [-0.2, 0) is 14.9 Å². The van der Waals surface area contributed by atoms with Crippen molar-refractivity contribution in [1.82, 2.24) is 5.32 Å². The average Bonchev–Trinajstić information content (AvgIpc) is 2.65. The maximum atomic E-state index is 10.8. The fraction of sp³-hybridized carbons (Fsp3) is 0.870. The molecule has 0 aliphatic rings. The predicted molar refractivity (Wildman–Crippen MR) is 126 cm³/mol. The van der Waals surface area contributed by atoms with Gasteiger partial charge in [-0.3, -0.25) is 4.79 Å². The standard InChI is InChI=1S/C16H36N.C7H13NO4S/c1-5-9-13-17(14-10-6-2,15-11-7-3)16-12-8-4;1-4-6(9)8-7(2,3)5-13(10,11)12/h5-16H2,1-4H3;4H,1,5H2,2-3H3,(H,8,9)(H,10,11,12)/q+1;/p-1. The van der Waals surface area contributed by atoms with E-state index < -0.39 is 27.3 Å². The van der Waals surface area contributed by atoms with Gasteiger partial charge in [0.25, 0.3) is 0 Å². The first kappa shape index (κ1) is 31.3. The SMILES string of the molecule is C=CC(=O)NC(C)(C)CS(=O)(=O)[O-].CCCC[N+](CCCC)(CCCC)CCCC. The van der Waals surface area contributed by atoms with Gasteiger partial charge in [-0.2, -0.15) is 0 Å². The molecular formula is C23H48N2O4S. The fourth-order valence-electron chi connectivity index (χ4n) is 3.51. The summed E-state index contributed by atoms with van der Waals surface area (Å²) in [4.78, 5) is 10.8. The molecule has 0 aromatic rings. The van der Waals surface area contributed by atoms with E-state index in [0.717, 1.165) is 6.08 Å². The molecule has 7 heteroatoms. The zero-order chi connectivity index (χ0) is 23.7. The summed E-state index contributed by atoms with van der Waals surface area (Å²) in [5, 5.41) is 2.33. The highest BCUT2D eigenvalue weighted by molar-refractivity contribution is 7.85. The zero-order valence-corrected chi connectivity index (χ0v) is 21.3.